The average molecular weight is 616 g/mol. The minimum Gasteiger partial charge on any atom is -0.461 e. The molecule has 0 N–H and O–H groups in total. The fourth-order valence-corrected chi connectivity index (χ4v) is 2.92. The lowest BCUT2D eigenvalue weighted by Crippen LogP contribution is -2.13. The van der Waals surface area contributed by atoms with Crippen LogP contribution in [0.1, 0.15) is 135 Å². The van der Waals surface area contributed by atoms with Gasteiger partial charge in [0.25, 0.3) is 0 Å². The Kier molecular flexibility index (Phi) is 13.2. The molecule has 4 heterocycles. The molecule has 0 fully saturated rings. The molecule has 12 heteroatoms. The first-order valence-electron chi connectivity index (χ1n) is 14.7. The monoisotopic (exact) mass is 615 g/mol. The Balaban J connectivity index is 0.000000297. The van der Waals surface area contributed by atoms with E-state index >= 15 is 0 Å². The molecule has 4 rings (SSSR count). The van der Waals surface area contributed by atoms with Gasteiger partial charge in [-0.3, -0.25) is 0 Å². The maximum atomic E-state index is 11.2. The number of esters is 1. The van der Waals surface area contributed by atoms with Crippen LogP contribution in [0.3, 0.4) is 0 Å². The first-order chi connectivity index (χ1) is 19.9. The molecule has 4 aromatic rings. The Morgan fingerprint density at radius 3 is 1.64 bits per heavy atom. The van der Waals surface area contributed by atoms with E-state index in [2.05, 4.69) is 92.8 Å². The third-order valence-corrected chi connectivity index (χ3v) is 5.47. The quantitative estimate of drug-likeness (QED) is 0.210. The van der Waals surface area contributed by atoms with E-state index in [0.29, 0.717) is 12.5 Å². The molecule has 0 aromatic carbocycles. The molecule has 0 spiro atoms. The largest absolute Gasteiger partial charge is 0.461 e. The average Bonchev–Trinajstić information content (AvgIpc) is 3.66. The molecular formula is C32H53N7O5. The number of oxazole rings is 2. The van der Waals surface area contributed by atoms with E-state index in [1.165, 1.54) is 11.1 Å². The van der Waals surface area contributed by atoms with Gasteiger partial charge in [-0.2, -0.15) is 4.80 Å². The fraction of sp³-hybridized carbons (Fsp3) is 0.656. The summed E-state index contributed by atoms with van der Waals surface area (Å²) in [4.78, 5) is 21.0. The van der Waals surface area contributed by atoms with Crippen molar-refractivity contribution in [2.24, 2.45) is 7.05 Å². The third-order valence-electron chi connectivity index (χ3n) is 5.47. The number of hydrogen-bond acceptors (Lipinski definition) is 11. The number of tetrazole rings is 1. The molecule has 0 saturated carbocycles. The molecule has 0 bridgehead atoms. The molecule has 0 unspecified atom stereocenters. The van der Waals surface area contributed by atoms with Crippen molar-refractivity contribution in [2.75, 3.05) is 6.61 Å². The summed E-state index contributed by atoms with van der Waals surface area (Å²) in [6, 6.07) is 1.97. The highest BCUT2D eigenvalue weighted by atomic mass is 16.5. The highest BCUT2D eigenvalue weighted by molar-refractivity contribution is 5.86. The summed E-state index contributed by atoms with van der Waals surface area (Å²) in [5, 5.41) is 15.6. The SMILES string of the molecule is CCOC(=O)c1coc(C(C)(C)C)n1.Cc1cc(C(C)(C)C)no1.Cc1coc(C(C)(C)C)n1.Cn1nnc(C(C)(C)C)n1. The van der Waals surface area contributed by atoms with Gasteiger partial charge in [0.15, 0.2) is 23.3 Å². The van der Waals surface area contributed by atoms with Crippen LogP contribution in [0, 0.1) is 13.8 Å². The van der Waals surface area contributed by atoms with Crippen molar-refractivity contribution >= 4 is 5.97 Å². The van der Waals surface area contributed by atoms with Crippen LogP contribution in [0.2, 0.25) is 0 Å². The van der Waals surface area contributed by atoms with Crippen molar-refractivity contribution in [1.29, 1.82) is 0 Å². The molecule has 0 aliphatic heterocycles. The van der Waals surface area contributed by atoms with Gasteiger partial charge >= 0.3 is 5.97 Å². The Morgan fingerprint density at radius 2 is 1.36 bits per heavy atom. The number of ether oxygens (including phenoxy) is 1. The summed E-state index contributed by atoms with van der Waals surface area (Å²) >= 11 is 0. The van der Waals surface area contributed by atoms with Crippen LogP contribution in [0.5, 0.6) is 0 Å². The molecule has 246 valence electrons. The third kappa shape index (κ3) is 13.2. The van der Waals surface area contributed by atoms with Crippen molar-refractivity contribution in [3.63, 3.8) is 0 Å². The zero-order chi connectivity index (χ0) is 34.1. The second-order valence-electron chi connectivity index (χ2n) is 14.5. The van der Waals surface area contributed by atoms with Gasteiger partial charge in [-0.15, -0.1) is 10.2 Å². The van der Waals surface area contributed by atoms with Gasteiger partial charge in [-0.25, -0.2) is 14.8 Å². The van der Waals surface area contributed by atoms with Crippen LogP contribution >= 0.6 is 0 Å². The molecule has 0 aliphatic carbocycles. The highest BCUT2D eigenvalue weighted by Crippen LogP contribution is 2.22. The number of aromatic nitrogens is 7. The summed E-state index contributed by atoms with van der Waals surface area (Å²) in [5.41, 5.74) is 2.16. The molecule has 44 heavy (non-hydrogen) atoms. The molecule has 0 aliphatic rings. The van der Waals surface area contributed by atoms with Gasteiger partial charge in [0.2, 0.25) is 0 Å². The topological polar surface area (TPSA) is 148 Å². The lowest BCUT2D eigenvalue weighted by molar-refractivity contribution is 0.0519. The first kappa shape index (κ1) is 38.2. The van der Waals surface area contributed by atoms with Crippen LogP contribution < -0.4 is 0 Å². The maximum absolute atomic E-state index is 11.2. The molecule has 0 radical (unpaired) electrons. The van der Waals surface area contributed by atoms with Crippen LogP contribution in [-0.2, 0) is 33.4 Å². The van der Waals surface area contributed by atoms with Crippen molar-refractivity contribution in [3.05, 3.63) is 59.0 Å². The Bertz CT molecular complexity index is 1300. The van der Waals surface area contributed by atoms with Gasteiger partial charge in [-0.1, -0.05) is 88.2 Å². The normalized spacial score (nSPS) is 11.8. The van der Waals surface area contributed by atoms with Crippen LogP contribution in [-0.4, -0.2) is 47.9 Å². The van der Waals surface area contributed by atoms with Gasteiger partial charge in [0.1, 0.15) is 18.3 Å². The van der Waals surface area contributed by atoms with E-state index in [9.17, 15) is 4.79 Å². The Labute approximate surface area is 262 Å². The van der Waals surface area contributed by atoms with Gasteiger partial charge in [-0.05, 0) is 26.0 Å². The van der Waals surface area contributed by atoms with Gasteiger partial charge in [0.05, 0.1) is 25.0 Å². The molecule has 0 amide bonds. The van der Waals surface area contributed by atoms with Crippen LogP contribution in [0.25, 0.3) is 0 Å². The van der Waals surface area contributed by atoms with Crippen molar-refractivity contribution in [1.82, 2.24) is 35.3 Å². The highest BCUT2D eigenvalue weighted by Gasteiger charge is 2.23. The summed E-state index contributed by atoms with van der Waals surface area (Å²) in [6.07, 6.45) is 3.01. The van der Waals surface area contributed by atoms with E-state index in [1.807, 2.05) is 40.7 Å². The summed E-state index contributed by atoms with van der Waals surface area (Å²) in [6.45, 7) is 30.6. The van der Waals surface area contributed by atoms with Crippen molar-refractivity contribution in [2.45, 2.75) is 126 Å². The van der Waals surface area contributed by atoms with Crippen molar-refractivity contribution < 1.29 is 22.9 Å². The van der Waals surface area contributed by atoms with E-state index in [0.717, 1.165) is 28.9 Å². The van der Waals surface area contributed by atoms with E-state index < -0.39 is 5.97 Å². The number of carbonyl (C=O) groups excluding carboxylic acids is 1. The molecular weight excluding hydrogens is 562 g/mol. The predicted octanol–water partition coefficient (Wildman–Crippen LogP) is 7.22. The van der Waals surface area contributed by atoms with Crippen LogP contribution in [0.15, 0.2) is 32.0 Å². The molecule has 0 saturated heterocycles. The number of aryl methyl sites for hydroxylation is 3. The smallest absolute Gasteiger partial charge is 0.360 e. The lowest BCUT2D eigenvalue weighted by atomic mass is 9.92. The minimum absolute atomic E-state index is 0.00819. The Morgan fingerprint density at radius 1 is 0.818 bits per heavy atom. The molecule has 0 atom stereocenters. The lowest BCUT2D eigenvalue weighted by Gasteiger charge is -2.12. The second kappa shape index (κ2) is 15.3. The summed E-state index contributed by atoms with van der Waals surface area (Å²) in [7, 11) is 1.77. The zero-order valence-corrected chi connectivity index (χ0v) is 29.6. The standard InChI is InChI=1S/C10H15NO3.2C8H13NO.C6H12N4/c1-5-13-8(12)7-6-14-9(11-7)10(2,3)4;1-6-5-10-7(9-6)8(2,3)4;1-6-5-7(9-10-6)8(2,3)4;1-6(2,3)5-7-9-10(4)8-5/h6H,5H2,1-4H3;2*5H,1-4H3;1-4H3. The van der Waals surface area contributed by atoms with Gasteiger partial charge in [0, 0.05) is 27.7 Å². The summed E-state index contributed by atoms with van der Waals surface area (Å²) in [5.74, 6) is 2.58. The Hall–Kier alpha value is -3.83. The second-order valence-corrected chi connectivity index (χ2v) is 14.5. The minimum atomic E-state index is -0.438. The molecule has 4 aromatic heterocycles. The number of carbonyl (C=O) groups is 1. The van der Waals surface area contributed by atoms with E-state index in [-0.39, 0.29) is 27.4 Å². The van der Waals surface area contributed by atoms with E-state index in [4.69, 9.17) is 18.1 Å². The predicted molar refractivity (Wildman–Crippen MR) is 169 cm³/mol. The summed E-state index contributed by atoms with van der Waals surface area (Å²) < 4.78 is 20.1. The van der Waals surface area contributed by atoms with Gasteiger partial charge < -0.3 is 18.1 Å². The molecule has 12 nitrogen and oxygen atoms in total. The number of hydrogen-bond donors (Lipinski definition) is 0. The van der Waals surface area contributed by atoms with Crippen LogP contribution in [0.4, 0.5) is 0 Å². The number of nitrogens with zero attached hydrogens (tertiary/aromatic N) is 7. The first-order valence-corrected chi connectivity index (χ1v) is 14.7. The number of rotatable bonds is 2. The fourth-order valence-electron chi connectivity index (χ4n) is 2.92. The van der Waals surface area contributed by atoms with Crippen molar-refractivity contribution in [3.8, 4) is 0 Å². The van der Waals surface area contributed by atoms with E-state index in [1.54, 1.807) is 20.2 Å². The maximum Gasteiger partial charge on any atom is 0.360 e. The zero-order valence-electron chi connectivity index (χ0n) is 29.6.